The monoisotopic (exact) mass is 152 g/mol. The molecule has 0 spiro atoms. The molecular formula is C8H8OS. The Morgan fingerprint density at radius 1 is 1.60 bits per heavy atom. The van der Waals surface area contributed by atoms with Gasteiger partial charge in [-0.1, -0.05) is 0 Å². The van der Waals surface area contributed by atoms with Gasteiger partial charge in [-0.3, -0.25) is 4.79 Å². The number of hydrogen-bond donors (Lipinski definition) is 0. The summed E-state index contributed by atoms with van der Waals surface area (Å²) in [4.78, 5) is 11.0. The number of carbonyl (C=O) groups excluding carboxylic acids is 1. The normalized spacial score (nSPS) is 10.5. The predicted octanol–water partition coefficient (Wildman–Crippen LogP) is 2.27. The lowest BCUT2D eigenvalue weighted by Crippen LogP contribution is -1.60. The standard InChI is InChI=1S/C8H8OS/c1-7-5-8(10-6-7)3-2-4-9/h2-6H,1H3/b3-2+. The van der Waals surface area contributed by atoms with E-state index in [0.717, 1.165) is 11.2 Å². The zero-order valence-corrected chi connectivity index (χ0v) is 6.52. The highest BCUT2D eigenvalue weighted by Gasteiger charge is 1.88. The Balaban J connectivity index is 2.75. The minimum Gasteiger partial charge on any atom is -0.299 e. The first-order chi connectivity index (χ1) is 4.83. The maximum absolute atomic E-state index is 9.90. The summed E-state index contributed by atoms with van der Waals surface area (Å²) in [7, 11) is 0. The van der Waals surface area contributed by atoms with Gasteiger partial charge in [0.15, 0.2) is 0 Å². The highest BCUT2D eigenvalue weighted by Crippen LogP contribution is 2.14. The van der Waals surface area contributed by atoms with Crippen molar-refractivity contribution in [2.75, 3.05) is 0 Å². The van der Waals surface area contributed by atoms with E-state index in [0.29, 0.717) is 0 Å². The van der Waals surface area contributed by atoms with Crippen LogP contribution in [0.3, 0.4) is 0 Å². The number of aldehydes is 1. The molecule has 0 atom stereocenters. The molecule has 10 heavy (non-hydrogen) atoms. The Labute approximate surface area is 64.0 Å². The van der Waals surface area contributed by atoms with Crippen molar-refractivity contribution in [1.29, 1.82) is 0 Å². The maximum atomic E-state index is 9.90. The van der Waals surface area contributed by atoms with E-state index in [2.05, 4.69) is 5.38 Å². The number of rotatable bonds is 2. The third-order valence-corrected chi connectivity index (χ3v) is 2.11. The van der Waals surface area contributed by atoms with Gasteiger partial charge in [-0.05, 0) is 36.1 Å². The molecule has 0 fully saturated rings. The fourth-order valence-electron chi connectivity index (χ4n) is 0.675. The highest BCUT2D eigenvalue weighted by atomic mass is 32.1. The minimum absolute atomic E-state index is 0.787. The summed E-state index contributed by atoms with van der Waals surface area (Å²) < 4.78 is 0. The Bertz CT molecular complexity index is 248. The summed E-state index contributed by atoms with van der Waals surface area (Å²) in [5.74, 6) is 0. The van der Waals surface area contributed by atoms with Crippen LogP contribution in [-0.2, 0) is 4.79 Å². The summed E-state index contributed by atoms with van der Waals surface area (Å²) in [6.45, 7) is 2.04. The first-order valence-electron chi connectivity index (χ1n) is 3.00. The van der Waals surface area contributed by atoms with Crippen molar-refractivity contribution < 1.29 is 4.79 Å². The van der Waals surface area contributed by atoms with Gasteiger partial charge in [-0.15, -0.1) is 11.3 Å². The van der Waals surface area contributed by atoms with E-state index < -0.39 is 0 Å². The van der Waals surface area contributed by atoms with Gasteiger partial charge in [0.05, 0.1) is 0 Å². The molecule has 0 aromatic carbocycles. The summed E-state index contributed by atoms with van der Waals surface area (Å²) >= 11 is 1.64. The van der Waals surface area contributed by atoms with Gasteiger partial charge in [-0.25, -0.2) is 0 Å². The van der Waals surface area contributed by atoms with Crippen molar-refractivity contribution in [2.45, 2.75) is 6.92 Å². The Morgan fingerprint density at radius 3 is 2.90 bits per heavy atom. The van der Waals surface area contributed by atoms with Crippen LogP contribution in [-0.4, -0.2) is 6.29 Å². The Hall–Kier alpha value is -0.890. The number of carbonyl (C=O) groups is 1. The first-order valence-corrected chi connectivity index (χ1v) is 3.88. The Morgan fingerprint density at radius 2 is 2.40 bits per heavy atom. The first kappa shape index (κ1) is 7.22. The third-order valence-electron chi connectivity index (χ3n) is 1.09. The topological polar surface area (TPSA) is 17.1 Å². The summed E-state index contributed by atoms with van der Waals surface area (Å²) in [6, 6.07) is 2.05. The summed E-state index contributed by atoms with van der Waals surface area (Å²) in [6.07, 6.45) is 4.10. The quantitative estimate of drug-likeness (QED) is 0.469. The van der Waals surface area contributed by atoms with Gasteiger partial charge in [0, 0.05) is 4.88 Å². The lowest BCUT2D eigenvalue weighted by Gasteiger charge is -1.76. The molecule has 0 saturated carbocycles. The Kier molecular flexibility index (Phi) is 2.40. The van der Waals surface area contributed by atoms with Crippen LogP contribution < -0.4 is 0 Å². The molecule has 1 aromatic heterocycles. The van der Waals surface area contributed by atoms with Crippen LogP contribution in [0.5, 0.6) is 0 Å². The van der Waals surface area contributed by atoms with Crippen molar-refractivity contribution in [3.8, 4) is 0 Å². The van der Waals surface area contributed by atoms with Gasteiger partial charge in [0.2, 0.25) is 0 Å². The lowest BCUT2D eigenvalue weighted by atomic mass is 10.3. The van der Waals surface area contributed by atoms with Crippen LogP contribution in [0.2, 0.25) is 0 Å². The van der Waals surface area contributed by atoms with Gasteiger partial charge in [-0.2, -0.15) is 0 Å². The highest BCUT2D eigenvalue weighted by molar-refractivity contribution is 7.11. The van der Waals surface area contributed by atoms with Crippen molar-refractivity contribution in [3.63, 3.8) is 0 Å². The van der Waals surface area contributed by atoms with Gasteiger partial charge in [0.25, 0.3) is 0 Å². The second kappa shape index (κ2) is 3.32. The molecule has 0 aliphatic rings. The zero-order chi connectivity index (χ0) is 7.40. The number of hydrogen-bond acceptors (Lipinski definition) is 2. The van der Waals surface area contributed by atoms with Crippen molar-refractivity contribution >= 4 is 23.7 Å². The van der Waals surface area contributed by atoms with E-state index in [1.54, 1.807) is 11.3 Å². The fourth-order valence-corrected chi connectivity index (χ4v) is 1.48. The molecule has 1 heterocycles. The second-order valence-corrected chi connectivity index (χ2v) is 2.96. The number of thiophene rings is 1. The molecule has 2 heteroatoms. The van der Waals surface area contributed by atoms with Crippen LogP contribution in [0.4, 0.5) is 0 Å². The predicted molar refractivity (Wildman–Crippen MR) is 44.2 cm³/mol. The van der Waals surface area contributed by atoms with Crippen LogP contribution in [0.15, 0.2) is 17.5 Å². The second-order valence-electron chi connectivity index (χ2n) is 2.02. The molecular weight excluding hydrogens is 144 g/mol. The average Bonchev–Trinajstić information content (AvgIpc) is 2.31. The molecule has 1 aromatic rings. The third kappa shape index (κ3) is 1.81. The molecule has 1 nitrogen and oxygen atoms in total. The molecule has 0 radical (unpaired) electrons. The van der Waals surface area contributed by atoms with E-state index in [4.69, 9.17) is 0 Å². The van der Waals surface area contributed by atoms with E-state index in [9.17, 15) is 4.79 Å². The van der Waals surface area contributed by atoms with E-state index in [1.807, 2.05) is 19.1 Å². The molecule has 0 N–H and O–H groups in total. The van der Waals surface area contributed by atoms with Crippen molar-refractivity contribution in [2.24, 2.45) is 0 Å². The molecule has 0 aliphatic carbocycles. The average molecular weight is 152 g/mol. The summed E-state index contributed by atoms with van der Waals surface area (Å²) in [5.41, 5.74) is 1.25. The smallest absolute Gasteiger partial charge is 0.142 e. The fraction of sp³-hybridized carbons (Fsp3) is 0.125. The maximum Gasteiger partial charge on any atom is 0.142 e. The molecule has 0 unspecified atom stereocenters. The number of aryl methyl sites for hydroxylation is 1. The van der Waals surface area contributed by atoms with Crippen molar-refractivity contribution in [1.82, 2.24) is 0 Å². The zero-order valence-electron chi connectivity index (χ0n) is 5.70. The summed E-state index contributed by atoms with van der Waals surface area (Å²) in [5, 5.41) is 2.06. The van der Waals surface area contributed by atoms with Crippen molar-refractivity contribution in [3.05, 3.63) is 28.0 Å². The molecule has 0 aliphatic heterocycles. The van der Waals surface area contributed by atoms with Crippen LogP contribution in [0, 0.1) is 6.92 Å². The van der Waals surface area contributed by atoms with Gasteiger partial charge < -0.3 is 0 Å². The molecule has 52 valence electrons. The number of allylic oxidation sites excluding steroid dienone is 1. The van der Waals surface area contributed by atoms with Crippen LogP contribution in [0.25, 0.3) is 6.08 Å². The van der Waals surface area contributed by atoms with Crippen LogP contribution >= 0.6 is 11.3 Å². The van der Waals surface area contributed by atoms with E-state index in [-0.39, 0.29) is 0 Å². The molecule has 0 saturated heterocycles. The SMILES string of the molecule is Cc1csc(/C=C/C=O)c1. The molecule has 0 bridgehead atoms. The minimum atomic E-state index is 0.787. The van der Waals surface area contributed by atoms with Crippen LogP contribution in [0.1, 0.15) is 10.4 Å². The van der Waals surface area contributed by atoms with E-state index in [1.165, 1.54) is 11.6 Å². The van der Waals surface area contributed by atoms with Gasteiger partial charge in [0.1, 0.15) is 6.29 Å². The molecule has 0 amide bonds. The largest absolute Gasteiger partial charge is 0.299 e. The van der Waals surface area contributed by atoms with E-state index >= 15 is 0 Å². The van der Waals surface area contributed by atoms with Gasteiger partial charge >= 0.3 is 0 Å². The lowest BCUT2D eigenvalue weighted by molar-refractivity contribution is -0.104. The molecule has 1 rings (SSSR count).